The van der Waals surface area contributed by atoms with Crippen molar-refractivity contribution in [3.63, 3.8) is 0 Å². The van der Waals surface area contributed by atoms with Gasteiger partial charge in [-0.3, -0.25) is 9.48 Å². The van der Waals surface area contributed by atoms with Gasteiger partial charge < -0.3 is 9.64 Å². The second-order valence-corrected chi connectivity index (χ2v) is 8.09. The SMILES string of the molecule is Cn1cc(C(=O)N2C[C@@H]3COC[C@]3(CNS(C)(=O)=O)C2)cn1. The molecule has 0 aliphatic carbocycles. The predicted octanol–water partition coefficient (Wildman–Crippen LogP) is -0.942. The zero-order chi connectivity index (χ0) is 16.0. The highest BCUT2D eigenvalue weighted by Crippen LogP contribution is 2.41. The summed E-state index contributed by atoms with van der Waals surface area (Å²) in [4.78, 5) is 14.3. The van der Waals surface area contributed by atoms with Gasteiger partial charge in [-0.15, -0.1) is 0 Å². The molecular formula is C13H20N4O4S. The van der Waals surface area contributed by atoms with Crippen LogP contribution in [0, 0.1) is 11.3 Å². The molecule has 0 aromatic carbocycles. The van der Waals surface area contributed by atoms with Gasteiger partial charge >= 0.3 is 0 Å². The summed E-state index contributed by atoms with van der Waals surface area (Å²) in [5, 5.41) is 4.02. The van der Waals surface area contributed by atoms with E-state index in [2.05, 4.69) is 9.82 Å². The Labute approximate surface area is 129 Å². The fourth-order valence-corrected chi connectivity index (χ4v) is 3.78. The summed E-state index contributed by atoms with van der Waals surface area (Å²) in [7, 11) is -1.50. The summed E-state index contributed by atoms with van der Waals surface area (Å²) >= 11 is 0. The summed E-state index contributed by atoms with van der Waals surface area (Å²) in [5.41, 5.74) is 0.218. The molecule has 0 unspecified atom stereocenters. The van der Waals surface area contributed by atoms with Crippen molar-refractivity contribution >= 4 is 15.9 Å². The highest BCUT2D eigenvalue weighted by Gasteiger charge is 2.52. The number of rotatable bonds is 4. The largest absolute Gasteiger partial charge is 0.380 e. The lowest BCUT2D eigenvalue weighted by Crippen LogP contribution is -2.43. The molecule has 1 aromatic heterocycles. The Morgan fingerprint density at radius 3 is 3.00 bits per heavy atom. The standard InChI is InChI=1S/C13H20N4O4S/c1-16-4-10(3-14-16)12(18)17-5-11-6-21-9-13(11,8-17)7-15-22(2,19)20/h3-4,11,15H,5-9H2,1-2H3/t11-,13+/m1/s1. The van der Waals surface area contributed by atoms with Crippen LogP contribution in [0.25, 0.3) is 0 Å². The molecule has 1 N–H and O–H groups in total. The summed E-state index contributed by atoms with van der Waals surface area (Å²) in [6.07, 6.45) is 4.38. The fraction of sp³-hybridized carbons (Fsp3) is 0.692. The van der Waals surface area contributed by atoms with Gasteiger partial charge in [0.15, 0.2) is 0 Å². The maximum Gasteiger partial charge on any atom is 0.257 e. The van der Waals surface area contributed by atoms with Crippen molar-refractivity contribution in [1.29, 1.82) is 0 Å². The second-order valence-electron chi connectivity index (χ2n) is 6.26. The minimum absolute atomic E-state index is 0.0683. The molecule has 0 radical (unpaired) electrons. The molecule has 2 saturated heterocycles. The molecule has 2 aliphatic heterocycles. The van der Waals surface area contributed by atoms with Crippen LogP contribution in [0.1, 0.15) is 10.4 Å². The van der Waals surface area contributed by atoms with Crippen molar-refractivity contribution in [2.45, 2.75) is 0 Å². The van der Waals surface area contributed by atoms with E-state index < -0.39 is 10.0 Å². The molecule has 1 amide bonds. The van der Waals surface area contributed by atoms with Crippen LogP contribution >= 0.6 is 0 Å². The number of carbonyl (C=O) groups excluding carboxylic acids is 1. The van der Waals surface area contributed by atoms with Crippen LogP contribution in [0.4, 0.5) is 0 Å². The third kappa shape index (κ3) is 2.88. The van der Waals surface area contributed by atoms with Crippen molar-refractivity contribution in [3.05, 3.63) is 18.0 Å². The monoisotopic (exact) mass is 328 g/mol. The van der Waals surface area contributed by atoms with Crippen LogP contribution in [-0.2, 0) is 21.8 Å². The Kier molecular flexibility index (Phi) is 3.74. The molecule has 2 fully saturated rings. The van der Waals surface area contributed by atoms with E-state index in [0.717, 1.165) is 6.26 Å². The van der Waals surface area contributed by atoms with Gasteiger partial charge in [0.25, 0.3) is 5.91 Å². The molecule has 22 heavy (non-hydrogen) atoms. The molecule has 3 heterocycles. The first-order chi connectivity index (χ1) is 10.3. The first-order valence-corrected chi connectivity index (χ1v) is 8.99. The Hall–Kier alpha value is -1.45. The molecule has 0 bridgehead atoms. The number of aromatic nitrogens is 2. The number of sulfonamides is 1. The minimum Gasteiger partial charge on any atom is -0.380 e. The van der Waals surface area contributed by atoms with Crippen molar-refractivity contribution in [3.8, 4) is 0 Å². The average molecular weight is 328 g/mol. The third-order valence-electron chi connectivity index (χ3n) is 4.45. The minimum atomic E-state index is -3.26. The third-order valence-corrected chi connectivity index (χ3v) is 5.12. The van der Waals surface area contributed by atoms with E-state index in [4.69, 9.17) is 4.74 Å². The molecule has 9 heteroatoms. The van der Waals surface area contributed by atoms with E-state index in [-0.39, 0.29) is 17.2 Å². The molecule has 2 aliphatic rings. The number of nitrogens with zero attached hydrogens (tertiary/aromatic N) is 3. The molecule has 2 atom stereocenters. The Morgan fingerprint density at radius 1 is 1.59 bits per heavy atom. The van der Waals surface area contributed by atoms with Crippen LogP contribution in [0.3, 0.4) is 0 Å². The van der Waals surface area contributed by atoms with E-state index >= 15 is 0 Å². The van der Waals surface area contributed by atoms with Gasteiger partial charge in [-0.25, -0.2) is 13.1 Å². The molecule has 1 aromatic rings. The number of likely N-dealkylation sites (tertiary alicyclic amines) is 1. The van der Waals surface area contributed by atoms with Crippen molar-refractivity contribution in [2.75, 3.05) is 39.1 Å². The zero-order valence-electron chi connectivity index (χ0n) is 12.7. The predicted molar refractivity (Wildman–Crippen MR) is 78.7 cm³/mol. The Balaban J connectivity index is 1.74. The first kappa shape index (κ1) is 15.4. The molecule has 3 rings (SSSR count). The number of hydrogen-bond acceptors (Lipinski definition) is 5. The Morgan fingerprint density at radius 2 is 2.36 bits per heavy atom. The fourth-order valence-electron chi connectivity index (χ4n) is 3.23. The number of hydrogen-bond donors (Lipinski definition) is 1. The van der Waals surface area contributed by atoms with Gasteiger partial charge in [-0.05, 0) is 0 Å². The average Bonchev–Trinajstić information content (AvgIpc) is 3.08. The van der Waals surface area contributed by atoms with Gasteiger partial charge in [-0.1, -0.05) is 0 Å². The van der Waals surface area contributed by atoms with Crippen molar-refractivity contribution in [2.24, 2.45) is 18.4 Å². The number of amides is 1. The quantitative estimate of drug-likeness (QED) is 0.770. The van der Waals surface area contributed by atoms with Gasteiger partial charge in [0.2, 0.25) is 10.0 Å². The van der Waals surface area contributed by atoms with Crippen LogP contribution < -0.4 is 4.72 Å². The van der Waals surface area contributed by atoms with Crippen molar-refractivity contribution < 1.29 is 17.9 Å². The van der Waals surface area contributed by atoms with Gasteiger partial charge in [0.1, 0.15) is 0 Å². The lowest BCUT2D eigenvalue weighted by atomic mass is 9.81. The van der Waals surface area contributed by atoms with Gasteiger partial charge in [-0.2, -0.15) is 5.10 Å². The van der Waals surface area contributed by atoms with Crippen LogP contribution in [0.2, 0.25) is 0 Å². The topological polar surface area (TPSA) is 93.5 Å². The van der Waals surface area contributed by atoms with E-state index in [1.165, 1.54) is 0 Å². The molecule has 122 valence electrons. The number of nitrogens with one attached hydrogen (secondary N) is 1. The lowest BCUT2D eigenvalue weighted by molar-refractivity contribution is 0.0721. The van der Waals surface area contributed by atoms with Gasteiger partial charge in [0.05, 0.1) is 31.2 Å². The lowest BCUT2D eigenvalue weighted by Gasteiger charge is -2.26. The first-order valence-electron chi connectivity index (χ1n) is 7.09. The van der Waals surface area contributed by atoms with Crippen LogP contribution in [0.5, 0.6) is 0 Å². The van der Waals surface area contributed by atoms with E-state index in [0.29, 0.717) is 38.4 Å². The molecule has 8 nitrogen and oxygen atoms in total. The summed E-state index contributed by atoms with van der Waals surface area (Å²) in [5.74, 6) is 0.0867. The Bertz CT molecular complexity index is 686. The number of ether oxygens (including phenoxy) is 1. The van der Waals surface area contributed by atoms with Crippen LogP contribution in [-0.4, -0.2) is 68.1 Å². The highest BCUT2D eigenvalue weighted by atomic mass is 32.2. The normalized spacial score (nSPS) is 28.1. The van der Waals surface area contributed by atoms with E-state index in [1.807, 2.05) is 0 Å². The smallest absolute Gasteiger partial charge is 0.257 e. The van der Waals surface area contributed by atoms with Gasteiger partial charge in [0, 0.05) is 44.2 Å². The number of carbonyl (C=O) groups is 1. The summed E-state index contributed by atoms with van der Waals surface area (Å²) in [6.45, 7) is 2.40. The summed E-state index contributed by atoms with van der Waals surface area (Å²) < 4.78 is 32.4. The maximum atomic E-state index is 12.5. The molecular weight excluding hydrogens is 308 g/mol. The highest BCUT2D eigenvalue weighted by molar-refractivity contribution is 7.88. The van der Waals surface area contributed by atoms with E-state index in [1.54, 1.807) is 29.0 Å². The van der Waals surface area contributed by atoms with Crippen molar-refractivity contribution in [1.82, 2.24) is 19.4 Å². The maximum absolute atomic E-state index is 12.5. The molecule has 0 spiro atoms. The number of fused-ring (bicyclic) bond motifs is 1. The zero-order valence-corrected chi connectivity index (χ0v) is 13.5. The second kappa shape index (κ2) is 5.32. The van der Waals surface area contributed by atoms with E-state index in [9.17, 15) is 13.2 Å². The summed E-state index contributed by atoms with van der Waals surface area (Å²) in [6, 6.07) is 0. The molecule has 0 saturated carbocycles. The number of aryl methyl sites for hydroxylation is 1. The van der Waals surface area contributed by atoms with Crippen LogP contribution in [0.15, 0.2) is 12.4 Å².